The molecule has 5 nitrogen and oxygen atoms in total. The van der Waals surface area contributed by atoms with Gasteiger partial charge in [0.15, 0.2) is 0 Å². The van der Waals surface area contributed by atoms with Crippen molar-refractivity contribution in [2.24, 2.45) is 11.8 Å². The number of rotatable bonds is 6. The summed E-state index contributed by atoms with van der Waals surface area (Å²) in [5.74, 6) is 1.84. The molecule has 2 aromatic rings. The third kappa shape index (κ3) is 4.44. The molecule has 1 N–H and O–H groups in total. The Morgan fingerprint density at radius 2 is 1.93 bits per heavy atom. The van der Waals surface area contributed by atoms with Crippen molar-refractivity contribution in [2.45, 2.75) is 63.4 Å². The molecule has 0 saturated heterocycles. The molecule has 1 atom stereocenters. The molecular formula is C22H28FN3O2S. The Bertz CT molecular complexity index is 902. The number of carbonyl (C=O) groups excluding carboxylic acids is 1. The smallest absolute Gasteiger partial charge is 0.228 e. The quantitative estimate of drug-likeness (QED) is 0.740. The molecule has 156 valence electrons. The lowest BCUT2D eigenvalue weighted by atomic mass is 9.79. The maximum Gasteiger partial charge on any atom is 0.228 e. The number of amides is 1. The Hall–Kier alpha value is -2.02. The van der Waals surface area contributed by atoms with Crippen LogP contribution < -0.4 is 5.32 Å². The van der Waals surface area contributed by atoms with Crippen LogP contribution >= 0.6 is 0 Å². The molecule has 7 heteroatoms. The predicted octanol–water partition coefficient (Wildman–Crippen LogP) is 4.71. The minimum Gasteiger partial charge on any atom is -0.310 e. The molecule has 0 spiro atoms. The van der Waals surface area contributed by atoms with Crippen LogP contribution in [0.5, 0.6) is 0 Å². The van der Waals surface area contributed by atoms with Crippen LogP contribution in [-0.4, -0.2) is 19.9 Å². The lowest BCUT2D eigenvalue weighted by molar-refractivity contribution is -0.121. The van der Waals surface area contributed by atoms with Crippen molar-refractivity contribution in [3.63, 3.8) is 0 Å². The van der Waals surface area contributed by atoms with Gasteiger partial charge in [-0.15, -0.1) is 0 Å². The van der Waals surface area contributed by atoms with E-state index in [2.05, 4.69) is 17.3 Å². The molecule has 1 saturated carbocycles. The number of benzene rings is 1. The molecule has 29 heavy (non-hydrogen) atoms. The van der Waals surface area contributed by atoms with Crippen LogP contribution in [0.15, 0.2) is 24.3 Å². The summed E-state index contributed by atoms with van der Waals surface area (Å²) in [6, 6.07) is 6.04. The fourth-order valence-electron chi connectivity index (χ4n) is 4.45. The van der Waals surface area contributed by atoms with Gasteiger partial charge in [0.1, 0.15) is 11.6 Å². The highest BCUT2D eigenvalue weighted by Gasteiger charge is 2.31. The van der Waals surface area contributed by atoms with Gasteiger partial charge >= 0.3 is 0 Å². The van der Waals surface area contributed by atoms with E-state index < -0.39 is 10.8 Å². The van der Waals surface area contributed by atoms with Gasteiger partial charge in [-0.2, -0.15) is 5.10 Å². The predicted molar refractivity (Wildman–Crippen MR) is 113 cm³/mol. The van der Waals surface area contributed by atoms with Gasteiger partial charge < -0.3 is 5.32 Å². The van der Waals surface area contributed by atoms with Gasteiger partial charge in [-0.05, 0) is 55.9 Å². The number of anilines is 1. The van der Waals surface area contributed by atoms with Crippen molar-refractivity contribution in [3.05, 3.63) is 41.3 Å². The molecular weight excluding hydrogens is 389 g/mol. The molecule has 2 heterocycles. The van der Waals surface area contributed by atoms with E-state index >= 15 is 0 Å². The maximum absolute atomic E-state index is 13.3. The van der Waals surface area contributed by atoms with Gasteiger partial charge in [0, 0.05) is 22.3 Å². The zero-order valence-corrected chi connectivity index (χ0v) is 17.6. The monoisotopic (exact) mass is 417 g/mol. The second-order valence-corrected chi connectivity index (χ2v) is 9.70. The molecule has 4 rings (SSSR count). The largest absolute Gasteiger partial charge is 0.310 e. The summed E-state index contributed by atoms with van der Waals surface area (Å²) in [5, 5.41) is 7.66. The second kappa shape index (κ2) is 8.78. The number of halogens is 1. The molecule has 2 aliphatic rings. The van der Waals surface area contributed by atoms with Crippen LogP contribution in [0.3, 0.4) is 0 Å². The van der Waals surface area contributed by atoms with Gasteiger partial charge in [0.2, 0.25) is 5.91 Å². The van der Waals surface area contributed by atoms with E-state index in [-0.39, 0.29) is 17.6 Å². The summed E-state index contributed by atoms with van der Waals surface area (Å²) >= 11 is 0. The average molecular weight is 418 g/mol. The van der Waals surface area contributed by atoms with E-state index in [1.54, 1.807) is 16.8 Å². The normalized spacial score (nSPS) is 23.7. The minimum atomic E-state index is -0.982. The molecule has 0 bridgehead atoms. The molecule has 0 radical (unpaired) electrons. The van der Waals surface area contributed by atoms with Crippen LogP contribution in [0.4, 0.5) is 10.2 Å². The van der Waals surface area contributed by atoms with Crippen molar-refractivity contribution >= 4 is 22.5 Å². The highest BCUT2D eigenvalue weighted by atomic mass is 32.2. The Morgan fingerprint density at radius 1 is 1.21 bits per heavy atom. The van der Waals surface area contributed by atoms with Crippen molar-refractivity contribution in [1.82, 2.24) is 9.78 Å². The Labute approximate surface area is 173 Å². The Morgan fingerprint density at radius 3 is 2.62 bits per heavy atom. The molecule has 1 aliphatic heterocycles. The molecule has 1 aliphatic carbocycles. The standard InChI is InChI=1S/C22H28FN3O2S/c1-2-3-4-15-5-7-16(8-6-15)22(27)24-21-19-13-29(28)14-20(19)25-26(21)18-11-9-17(23)10-12-18/h9-12,15-16H,2-8,13-14H2,1H3,(H,24,27)/t15?,16?,29-/m1/s1. The number of nitrogens with zero attached hydrogens (tertiary/aromatic N) is 2. The lowest BCUT2D eigenvalue weighted by Gasteiger charge is -2.27. The van der Waals surface area contributed by atoms with E-state index in [4.69, 9.17) is 0 Å². The first-order valence-corrected chi connectivity index (χ1v) is 12.1. The summed E-state index contributed by atoms with van der Waals surface area (Å²) in [7, 11) is -0.982. The molecule has 1 aromatic carbocycles. The van der Waals surface area contributed by atoms with Crippen molar-refractivity contribution in [1.29, 1.82) is 0 Å². The van der Waals surface area contributed by atoms with Crippen molar-refractivity contribution in [3.8, 4) is 5.69 Å². The summed E-state index contributed by atoms with van der Waals surface area (Å²) in [6.45, 7) is 2.22. The number of hydrogen-bond acceptors (Lipinski definition) is 3. The molecule has 1 amide bonds. The number of nitrogens with one attached hydrogen (secondary N) is 1. The van der Waals surface area contributed by atoms with Gasteiger partial charge in [-0.1, -0.05) is 26.2 Å². The summed E-state index contributed by atoms with van der Waals surface area (Å²) in [4.78, 5) is 13.0. The number of unbranched alkanes of at least 4 members (excludes halogenated alkanes) is 1. The van der Waals surface area contributed by atoms with Crippen LogP contribution in [0.2, 0.25) is 0 Å². The van der Waals surface area contributed by atoms with E-state index in [0.717, 1.165) is 42.9 Å². The van der Waals surface area contributed by atoms with Crippen molar-refractivity contribution in [2.75, 3.05) is 5.32 Å². The van der Waals surface area contributed by atoms with Crippen LogP contribution in [-0.2, 0) is 27.1 Å². The first-order chi connectivity index (χ1) is 14.0. The Balaban J connectivity index is 1.51. The minimum absolute atomic E-state index is 0.00648. The van der Waals surface area contributed by atoms with Gasteiger partial charge in [-0.25, -0.2) is 9.07 Å². The zero-order valence-electron chi connectivity index (χ0n) is 16.8. The second-order valence-electron chi connectivity index (χ2n) is 8.24. The maximum atomic E-state index is 13.3. The third-order valence-corrected chi connectivity index (χ3v) is 7.37. The molecule has 0 unspecified atom stereocenters. The number of carbonyl (C=O) groups is 1. The van der Waals surface area contributed by atoms with Gasteiger partial charge in [0.25, 0.3) is 0 Å². The topological polar surface area (TPSA) is 64.0 Å². The van der Waals surface area contributed by atoms with E-state index in [1.807, 2.05) is 0 Å². The summed E-state index contributed by atoms with van der Waals surface area (Å²) in [6.07, 6.45) is 7.80. The SMILES string of the molecule is CCCCC1CCC(C(=O)Nc2c3c(nn2-c2ccc(F)cc2)C[S@](=O)C3)CC1. The fraction of sp³-hybridized carbons (Fsp3) is 0.545. The first kappa shape index (κ1) is 20.3. The van der Waals surface area contributed by atoms with Crippen molar-refractivity contribution < 1.29 is 13.4 Å². The Kier molecular flexibility index (Phi) is 6.13. The third-order valence-electron chi connectivity index (χ3n) is 6.17. The van der Waals surface area contributed by atoms with Gasteiger partial charge in [0.05, 0.1) is 22.9 Å². The summed E-state index contributed by atoms with van der Waals surface area (Å²) < 4.78 is 27.0. The highest BCUT2D eigenvalue weighted by molar-refractivity contribution is 7.83. The van der Waals surface area contributed by atoms with Crippen LogP contribution in [0.1, 0.15) is 63.1 Å². The number of aromatic nitrogens is 2. The molecule has 1 aromatic heterocycles. The average Bonchev–Trinajstić information content (AvgIpc) is 3.24. The fourth-order valence-corrected chi connectivity index (χ4v) is 5.71. The number of fused-ring (bicyclic) bond motifs is 1. The van der Waals surface area contributed by atoms with Gasteiger partial charge in [-0.3, -0.25) is 9.00 Å². The van der Waals surface area contributed by atoms with Crippen LogP contribution in [0.25, 0.3) is 5.69 Å². The van der Waals surface area contributed by atoms with E-state index in [1.165, 1.54) is 31.4 Å². The van der Waals surface area contributed by atoms with E-state index in [0.29, 0.717) is 23.0 Å². The van der Waals surface area contributed by atoms with E-state index in [9.17, 15) is 13.4 Å². The number of hydrogen-bond donors (Lipinski definition) is 1. The molecule has 1 fully saturated rings. The first-order valence-electron chi connectivity index (χ1n) is 10.6. The highest BCUT2D eigenvalue weighted by Crippen LogP contribution is 2.35. The zero-order chi connectivity index (χ0) is 20.4. The van der Waals surface area contributed by atoms with Crippen LogP contribution in [0, 0.1) is 17.7 Å². The lowest BCUT2D eigenvalue weighted by Crippen LogP contribution is -2.28. The summed E-state index contributed by atoms with van der Waals surface area (Å²) in [5.41, 5.74) is 2.29.